The smallest absolute Gasteiger partial charge is 0.257 e. The number of aryl methyl sites for hydroxylation is 1. The fourth-order valence-corrected chi connectivity index (χ4v) is 2.34. The van der Waals surface area contributed by atoms with E-state index in [2.05, 4.69) is 17.6 Å². The third-order valence-corrected chi connectivity index (χ3v) is 3.48. The van der Waals surface area contributed by atoms with E-state index >= 15 is 0 Å². The highest BCUT2D eigenvalue weighted by Crippen LogP contribution is 2.32. The maximum atomic E-state index is 13.3. The van der Waals surface area contributed by atoms with Gasteiger partial charge in [0.15, 0.2) is 0 Å². The van der Waals surface area contributed by atoms with Gasteiger partial charge in [0.1, 0.15) is 5.82 Å². The summed E-state index contributed by atoms with van der Waals surface area (Å²) in [5, 5.41) is 5.83. The molecule has 0 saturated heterocycles. The molecule has 3 rings (SSSR count). The molecule has 106 valence electrons. The van der Waals surface area contributed by atoms with Crippen LogP contribution in [0, 0.1) is 5.82 Å². The van der Waals surface area contributed by atoms with Gasteiger partial charge in [-0.1, -0.05) is 19.1 Å². The molecule has 0 fully saturated rings. The van der Waals surface area contributed by atoms with Gasteiger partial charge in [0.2, 0.25) is 0 Å². The molecular formula is C17H15FN2O. The lowest BCUT2D eigenvalue weighted by Crippen LogP contribution is -2.05. The molecule has 0 saturated carbocycles. The van der Waals surface area contributed by atoms with Crippen molar-refractivity contribution in [3.63, 3.8) is 0 Å². The Labute approximate surface area is 122 Å². The van der Waals surface area contributed by atoms with Crippen LogP contribution >= 0.6 is 0 Å². The van der Waals surface area contributed by atoms with Gasteiger partial charge in [0.25, 0.3) is 5.91 Å². The number of halogens is 1. The van der Waals surface area contributed by atoms with Crippen molar-refractivity contribution in [2.24, 2.45) is 0 Å². The van der Waals surface area contributed by atoms with Crippen molar-refractivity contribution in [3.8, 4) is 0 Å². The number of fused-ring (bicyclic) bond motifs is 1. The maximum Gasteiger partial charge on any atom is 0.257 e. The molecule has 2 aromatic carbocycles. The Morgan fingerprint density at radius 3 is 2.90 bits per heavy atom. The second-order valence-corrected chi connectivity index (χ2v) is 4.90. The largest absolute Gasteiger partial charge is 0.361 e. The van der Waals surface area contributed by atoms with Gasteiger partial charge in [0.05, 0.1) is 5.57 Å². The number of hydrogen-bond donors (Lipinski definition) is 2. The molecule has 1 aliphatic heterocycles. The minimum Gasteiger partial charge on any atom is -0.361 e. The number of anilines is 2. The summed E-state index contributed by atoms with van der Waals surface area (Å²) >= 11 is 0. The number of carbonyl (C=O) groups is 1. The second kappa shape index (κ2) is 5.40. The molecule has 0 radical (unpaired) electrons. The molecule has 0 spiro atoms. The van der Waals surface area contributed by atoms with E-state index in [1.807, 2.05) is 24.3 Å². The monoisotopic (exact) mass is 282 g/mol. The Morgan fingerprint density at radius 2 is 2.10 bits per heavy atom. The first-order valence-electron chi connectivity index (χ1n) is 6.84. The lowest BCUT2D eigenvalue weighted by molar-refractivity contribution is -0.110. The summed E-state index contributed by atoms with van der Waals surface area (Å²) in [5.41, 5.74) is 3.77. The first-order chi connectivity index (χ1) is 10.2. The van der Waals surface area contributed by atoms with Crippen LogP contribution in [-0.4, -0.2) is 5.91 Å². The summed E-state index contributed by atoms with van der Waals surface area (Å²) in [6.45, 7) is 2.08. The van der Waals surface area contributed by atoms with Crippen LogP contribution in [0.5, 0.6) is 0 Å². The molecule has 0 atom stereocenters. The molecule has 0 aromatic heterocycles. The molecule has 0 aliphatic carbocycles. The van der Waals surface area contributed by atoms with E-state index in [0.717, 1.165) is 12.1 Å². The topological polar surface area (TPSA) is 41.1 Å². The predicted molar refractivity (Wildman–Crippen MR) is 82.4 cm³/mol. The Bertz CT molecular complexity index is 737. The zero-order chi connectivity index (χ0) is 14.8. The summed E-state index contributed by atoms with van der Waals surface area (Å²) < 4.78 is 13.3. The molecule has 2 N–H and O–H groups in total. The average molecular weight is 282 g/mol. The van der Waals surface area contributed by atoms with E-state index in [1.165, 1.54) is 17.7 Å². The van der Waals surface area contributed by atoms with Crippen molar-refractivity contribution in [1.82, 2.24) is 0 Å². The summed E-state index contributed by atoms with van der Waals surface area (Å²) in [4.78, 5) is 11.9. The van der Waals surface area contributed by atoms with Crippen molar-refractivity contribution in [3.05, 3.63) is 65.6 Å². The zero-order valence-electron chi connectivity index (χ0n) is 11.6. The Morgan fingerprint density at radius 1 is 1.24 bits per heavy atom. The molecule has 3 nitrogen and oxygen atoms in total. The standard InChI is InChI=1S/C17H15FN2O/c1-2-11-4-3-5-13(8-11)19-10-15-14-9-12(18)6-7-16(14)20-17(15)21/h3-10,19H,2H2,1H3,(H,20,21)/b15-10+. The molecule has 21 heavy (non-hydrogen) atoms. The maximum absolute atomic E-state index is 13.3. The number of benzene rings is 2. The van der Waals surface area contributed by atoms with Crippen molar-refractivity contribution in [2.45, 2.75) is 13.3 Å². The van der Waals surface area contributed by atoms with Gasteiger partial charge in [-0.3, -0.25) is 4.79 Å². The average Bonchev–Trinajstić information content (AvgIpc) is 2.80. The van der Waals surface area contributed by atoms with Crippen LogP contribution in [0.25, 0.3) is 5.57 Å². The van der Waals surface area contributed by atoms with Gasteiger partial charge in [-0.25, -0.2) is 4.39 Å². The second-order valence-electron chi connectivity index (χ2n) is 4.90. The normalized spacial score (nSPS) is 15.0. The number of hydrogen-bond acceptors (Lipinski definition) is 2. The van der Waals surface area contributed by atoms with Crippen molar-refractivity contribution in [1.29, 1.82) is 0 Å². The molecule has 1 heterocycles. The minimum atomic E-state index is -0.357. The van der Waals surface area contributed by atoms with Gasteiger partial charge in [-0.15, -0.1) is 0 Å². The third kappa shape index (κ3) is 2.65. The van der Waals surface area contributed by atoms with Crippen LogP contribution in [0.3, 0.4) is 0 Å². The van der Waals surface area contributed by atoms with E-state index in [4.69, 9.17) is 0 Å². The van der Waals surface area contributed by atoms with Crippen LogP contribution in [0.15, 0.2) is 48.7 Å². The molecular weight excluding hydrogens is 267 g/mol. The van der Waals surface area contributed by atoms with Crippen LogP contribution in [0.2, 0.25) is 0 Å². The number of rotatable bonds is 3. The van der Waals surface area contributed by atoms with E-state index in [9.17, 15) is 9.18 Å². The van der Waals surface area contributed by atoms with Gasteiger partial charge in [-0.2, -0.15) is 0 Å². The van der Waals surface area contributed by atoms with Crippen LogP contribution in [0.4, 0.5) is 15.8 Å². The summed E-state index contributed by atoms with van der Waals surface area (Å²) in [7, 11) is 0. The third-order valence-electron chi connectivity index (χ3n) is 3.48. The van der Waals surface area contributed by atoms with Gasteiger partial charge in [-0.05, 0) is 42.3 Å². The summed E-state index contributed by atoms with van der Waals surface area (Å²) in [6.07, 6.45) is 2.57. The fraction of sp³-hybridized carbons (Fsp3) is 0.118. The Kier molecular flexibility index (Phi) is 3.44. The van der Waals surface area contributed by atoms with E-state index in [-0.39, 0.29) is 11.7 Å². The highest BCUT2D eigenvalue weighted by molar-refractivity contribution is 6.31. The van der Waals surface area contributed by atoms with Crippen molar-refractivity contribution < 1.29 is 9.18 Å². The molecule has 0 bridgehead atoms. The highest BCUT2D eigenvalue weighted by atomic mass is 19.1. The van der Waals surface area contributed by atoms with Gasteiger partial charge in [0, 0.05) is 23.1 Å². The summed E-state index contributed by atoms with van der Waals surface area (Å²) in [6, 6.07) is 12.2. The van der Waals surface area contributed by atoms with Crippen molar-refractivity contribution >= 4 is 22.9 Å². The quantitative estimate of drug-likeness (QED) is 0.841. The number of nitrogens with one attached hydrogen (secondary N) is 2. The van der Waals surface area contributed by atoms with Crippen LogP contribution in [0.1, 0.15) is 18.1 Å². The first kappa shape index (κ1) is 13.4. The van der Waals surface area contributed by atoms with E-state index in [1.54, 1.807) is 12.3 Å². The zero-order valence-corrected chi connectivity index (χ0v) is 11.6. The van der Waals surface area contributed by atoms with Crippen LogP contribution < -0.4 is 10.6 Å². The molecule has 2 aromatic rings. The number of carbonyl (C=O) groups excluding carboxylic acids is 1. The predicted octanol–water partition coefficient (Wildman–Crippen LogP) is 3.79. The Hall–Kier alpha value is -2.62. The van der Waals surface area contributed by atoms with Gasteiger partial charge < -0.3 is 10.6 Å². The highest BCUT2D eigenvalue weighted by Gasteiger charge is 2.24. The summed E-state index contributed by atoms with van der Waals surface area (Å²) in [5.74, 6) is -0.584. The van der Waals surface area contributed by atoms with Crippen LogP contribution in [-0.2, 0) is 11.2 Å². The molecule has 4 heteroatoms. The minimum absolute atomic E-state index is 0.227. The Balaban J connectivity index is 1.90. The first-order valence-corrected chi connectivity index (χ1v) is 6.84. The fourth-order valence-electron chi connectivity index (χ4n) is 2.34. The van der Waals surface area contributed by atoms with Gasteiger partial charge >= 0.3 is 0 Å². The SMILES string of the molecule is CCc1cccc(N/C=C2/C(=O)Nc3ccc(F)cc32)c1. The van der Waals surface area contributed by atoms with Crippen molar-refractivity contribution in [2.75, 3.05) is 10.6 Å². The molecule has 0 unspecified atom stereocenters. The molecule has 1 amide bonds. The lowest BCUT2D eigenvalue weighted by Gasteiger charge is -2.04. The lowest BCUT2D eigenvalue weighted by atomic mass is 10.1. The molecule has 1 aliphatic rings. The van der Waals surface area contributed by atoms with E-state index < -0.39 is 0 Å². The van der Waals surface area contributed by atoms with E-state index in [0.29, 0.717) is 16.8 Å². The number of amides is 1.